The number of rotatable bonds is 3. The van der Waals surface area contributed by atoms with Crippen molar-refractivity contribution in [2.75, 3.05) is 23.3 Å². The van der Waals surface area contributed by atoms with Crippen LogP contribution in [0.25, 0.3) is 0 Å². The van der Waals surface area contributed by atoms with Crippen molar-refractivity contribution in [3.8, 4) is 0 Å². The van der Waals surface area contributed by atoms with Crippen LogP contribution in [-0.4, -0.2) is 23.1 Å². The van der Waals surface area contributed by atoms with Gasteiger partial charge in [-0.3, -0.25) is 0 Å². The molecule has 0 amide bonds. The van der Waals surface area contributed by atoms with Crippen LogP contribution in [0.4, 0.5) is 30.6 Å². The minimum atomic E-state index is -4.51. The number of benzene rings is 1. The van der Waals surface area contributed by atoms with Crippen molar-refractivity contribution < 1.29 is 13.2 Å². The van der Waals surface area contributed by atoms with E-state index in [-0.39, 0.29) is 10.7 Å². The molecular weight excluding hydrogens is 365 g/mol. The zero-order valence-corrected chi connectivity index (χ0v) is 15.2. The molecule has 1 aromatic heterocycles. The molecule has 1 aliphatic rings. The van der Waals surface area contributed by atoms with E-state index in [1.54, 1.807) is 13.0 Å². The number of alkyl halides is 3. The fourth-order valence-corrected chi connectivity index (χ4v) is 3.20. The monoisotopic (exact) mass is 384 g/mol. The summed E-state index contributed by atoms with van der Waals surface area (Å²) in [5, 5.41) is 2.82. The molecule has 4 nitrogen and oxygen atoms in total. The van der Waals surface area contributed by atoms with Crippen LogP contribution in [0.2, 0.25) is 5.02 Å². The topological polar surface area (TPSA) is 41.1 Å². The Balaban J connectivity index is 1.91. The second kappa shape index (κ2) is 7.70. The molecule has 0 unspecified atom stereocenters. The molecule has 0 spiro atoms. The fraction of sp³-hybridized carbons (Fsp3) is 0.444. The van der Waals surface area contributed by atoms with Crippen molar-refractivity contribution >= 4 is 29.1 Å². The van der Waals surface area contributed by atoms with Gasteiger partial charge in [-0.25, -0.2) is 4.98 Å². The zero-order chi connectivity index (χ0) is 18.7. The number of aromatic nitrogens is 2. The molecule has 2 aromatic rings. The van der Waals surface area contributed by atoms with Gasteiger partial charge in [0.2, 0.25) is 5.95 Å². The molecule has 0 saturated carbocycles. The summed E-state index contributed by atoms with van der Waals surface area (Å²) in [6, 6.07) is 5.28. The van der Waals surface area contributed by atoms with E-state index in [2.05, 4.69) is 20.2 Å². The Kier molecular flexibility index (Phi) is 5.55. The third-order valence-electron chi connectivity index (χ3n) is 4.28. The highest BCUT2D eigenvalue weighted by Crippen LogP contribution is 2.37. The van der Waals surface area contributed by atoms with Gasteiger partial charge in [-0.15, -0.1) is 0 Å². The highest BCUT2D eigenvalue weighted by molar-refractivity contribution is 6.30. The minimum absolute atomic E-state index is 0.0343. The average molecular weight is 385 g/mol. The number of nitrogens with zero attached hydrogens (tertiary/aromatic N) is 3. The van der Waals surface area contributed by atoms with Crippen LogP contribution < -0.4 is 10.2 Å². The maximum absolute atomic E-state index is 13.3. The predicted octanol–water partition coefficient (Wildman–Crippen LogP) is 5.58. The Morgan fingerprint density at radius 1 is 1.04 bits per heavy atom. The minimum Gasteiger partial charge on any atom is -0.341 e. The third-order valence-corrected chi connectivity index (χ3v) is 4.52. The summed E-state index contributed by atoms with van der Waals surface area (Å²) in [4.78, 5) is 11.0. The van der Waals surface area contributed by atoms with Crippen LogP contribution in [0.15, 0.2) is 24.3 Å². The summed E-state index contributed by atoms with van der Waals surface area (Å²) in [7, 11) is 0. The summed E-state index contributed by atoms with van der Waals surface area (Å²) in [6.45, 7) is 3.52. The number of halogens is 4. The maximum Gasteiger partial charge on any atom is 0.418 e. The van der Waals surface area contributed by atoms with Gasteiger partial charge in [0, 0.05) is 29.9 Å². The van der Waals surface area contributed by atoms with Gasteiger partial charge in [-0.1, -0.05) is 24.4 Å². The molecule has 0 atom stereocenters. The highest BCUT2D eigenvalue weighted by Gasteiger charge is 2.34. The van der Waals surface area contributed by atoms with E-state index >= 15 is 0 Å². The van der Waals surface area contributed by atoms with Gasteiger partial charge in [0.05, 0.1) is 11.3 Å². The lowest BCUT2D eigenvalue weighted by molar-refractivity contribution is -0.136. The Labute approximate surface area is 155 Å². The van der Waals surface area contributed by atoms with Crippen molar-refractivity contribution in [2.24, 2.45) is 0 Å². The average Bonchev–Trinajstić information content (AvgIpc) is 2.84. The SMILES string of the molecule is Cc1cc(Nc2ccc(Cl)cc2C(F)(F)F)nc(N2CCCCCC2)n1. The molecule has 0 aliphatic carbocycles. The Hall–Kier alpha value is -2.02. The summed E-state index contributed by atoms with van der Waals surface area (Å²) in [5.74, 6) is 0.890. The van der Waals surface area contributed by atoms with Crippen LogP contribution in [0.5, 0.6) is 0 Å². The number of nitrogens with one attached hydrogen (secondary N) is 1. The van der Waals surface area contributed by atoms with Crippen molar-refractivity contribution in [1.82, 2.24) is 9.97 Å². The first-order valence-corrected chi connectivity index (χ1v) is 8.95. The lowest BCUT2D eigenvalue weighted by Gasteiger charge is -2.21. The van der Waals surface area contributed by atoms with Crippen molar-refractivity contribution in [3.05, 3.63) is 40.5 Å². The number of hydrogen-bond acceptors (Lipinski definition) is 4. The molecule has 140 valence electrons. The molecule has 26 heavy (non-hydrogen) atoms. The summed E-state index contributed by atoms with van der Waals surface area (Å²) >= 11 is 5.73. The molecule has 1 fully saturated rings. The van der Waals surface area contributed by atoms with E-state index in [1.807, 2.05) is 0 Å². The first-order chi connectivity index (χ1) is 12.3. The molecule has 1 saturated heterocycles. The second-order valence-corrected chi connectivity index (χ2v) is 6.84. The van der Waals surface area contributed by atoms with Gasteiger partial charge in [0.15, 0.2) is 0 Å². The fourth-order valence-electron chi connectivity index (χ4n) is 3.03. The standard InChI is InChI=1S/C18H20ClF3N4/c1-12-10-16(25-17(23-12)26-8-4-2-3-5-9-26)24-15-7-6-13(19)11-14(15)18(20,21)22/h6-7,10-11H,2-5,8-9H2,1H3,(H,23,24,25). The first-order valence-electron chi connectivity index (χ1n) is 8.57. The molecular formula is C18H20ClF3N4. The summed E-state index contributed by atoms with van der Waals surface area (Å²) in [5.41, 5.74) is -0.205. The van der Waals surface area contributed by atoms with Gasteiger partial charge >= 0.3 is 6.18 Å². The Morgan fingerprint density at radius 2 is 1.73 bits per heavy atom. The smallest absolute Gasteiger partial charge is 0.341 e. The maximum atomic E-state index is 13.3. The molecule has 2 heterocycles. The lowest BCUT2D eigenvalue weighted by atomic mass is 10.1. The number of anilines is 3. The Bertz CT molecular complexity index is 772. The van der Waals surface area contributed by atoms with Gasteiger partial charge in [-0.2, -0.15) is 18.2 Å². The van der Waals surface area contributed by atoms with Crippen molar-refractivity contribution in [1.29, 1.82) is 0 Å². The van der Waals surface area contributed by atoms with Crippen LogP contribution in [0, 0.1) is 6.92 Å². The Morgan fingerprint density at radius 3 is 2.38 bits per heavy atom. The molecule has 0 radical (unpaired) electrons. The number of aryl methyl sites for hydroxylation is 1. The van der Waals surface area contributed by atoms with E-state index in [0.717, 1.165) is 32.0 Å². The number of hydrogen-bond donors (Lipinski definition) is 1. The van der Waals surface area contributed by atoms with Gasteiger partial charge in [0.25, 0.3) is 0 Å². The van der Waals surface area contributed by atoms with E-state index in [4.69, 9.17) is 11.6 Å². The van der Waals surface area contributed by atoms with E-state index in [9.17, 15) is 13.2 Å². The molecule has 1 N–H and O–H groups in total. The highest BCUT2D eigenvalue weighted by atomic mass is 35.5. The van der Waals surface area contributed by atoms with Crippen LogP contribution in [0.3, 0.4) is 0 Å². The van der Waals surface area contributed by atoms with E-state index < -0.39 is 11.7 Å². The van der Waals surface area contributed by atoms with E-state index in [1.165, 1.54) is 25.0 Å². The first kappa shape index (κ1) is 18.8. The molecule has 1 aromatic carbocycles. The molecule has 8 heteroatoms. The van der Waals surface area contributed by atoms with E-state index in [0.29, 0.717) is 17.5 Å². The van der Waals surface area contributed by atoms with Crippen molar-refractivity contribution in [2.45, 2.75) is 38.8 Å². The van der Waals surface area contributed by atoms with Crippen molar-refractivity contribution in [3.63, 3.8) is 0 Å². The van der Waals surface area contributed by atoms with Gasteiger partial charge in [-0.05, 0) is 38.0 Å². The predicted molar refractivity (Wildman–Crippen MR) is 97.2 cm³/mol. The summed E-state index contributed by atoms with van der Waals surface area (Å²) < 4.78 is 39.9. The zero-order valence-electron chi connectivity index (χ0n) is 14.4. The lowest BCUT2D eigenvalue weighted by Crippen LogP contribution is -2.26. The quantitative estimate of drug-likeness (QED) is 0.749. The molecule has 3 rings (SSSR count). The third kappa shape index (κ3) is 4.58. The van der Waals surface area contributed by atoms with Gasteiger partial charge < -0.3 is 10.2 Å². The van der Waals surface area contributed by atoms with Crippen LogP contribution in [0.1, 0.15) is 36.9 Å². The van der Waals surface area contributed by atoms with Crippen LogP contribution in [-0.2, 0) is 6.18 Å². The van der Waals surface area contributed by atoms with Gasteiger partial charge in [0.1, 0.15) is 5.82 Å². The second-order valence-electron chi connectivity index (χ2n) is 6.41. The van der Waals surface area contributed by atoms with Crippen LogP contribution >= 0.6 is 11.6 Å². The molecule has 0 bridgehead atoms. The summed E-state index contributed by atoms with van der Waals surface area (Å²) in [6.07, 6.45) is -0.0336. The largest absolute Gasteiger partial charge is 0.418 e. The normalized spacial score (nSPS) is 15.7. The molecule has 1 aliphatic heterocycles.